The first-order valence-corrected chi connectivity index (χ1v) is 9.50. The van der Waals surface area contributed by atoms with Gasteiger partial charge in [-0.1, -0.05) is 44.2 Å². The van der Waals surface area contributed by atoms with Crippen molar-refractivity contribution in [3.63, 3.8) is 0 Å². The molecule has 1 saturated carbocycles. The quantitative estimate of drug-likeness (QED) is 0.846. The highest BCUT2D eigenvalue weighted by molar-refractivity contribution is 5.82. The maximum atomic E-state index is 12.7. The summed E-state index contributed by atoms with van der Waals surface area (Å²) < 4.78 is 5.54. The molecule has 142 valence electrons. The predicted molar refractivity (Wildman–Crippen MR) is 99.3 cm³/mol. The summed E-state index contributed by atoms with van der Waals surface area (Å²) in [5.41, 5.74) is 6.98. The Kier molecular flexibility index (Phi) is 5.81. The van der Waals surface area contributed by atoms with Crippen LogP contribution in [0, 0.1) is 5.92 Å². The highest BCUT2D eigenvalue weighted by Crippen LogP contribution is 2.32. The first kappa shape index (κ1) is 18.7. The van der Waals surface area contributed by atoms with Crippen molar-refractivity contribution in [3.05, 3.63) is 35.9 Å². The lowest BCUT2D eigenvalue weighted by Gasteiger charge is -2.29. The zero-order valence-electron chi connectivity index (χ0n) is 15.6. The van der Waals surface area contributed by atoms with E-state index in [1.807, 2.05) is 49.1 Å². The van der Waals surface area contributed by atoms with Crippen LogP contribution in [0.15, 0.2) is 30.3 Å². The van der Waals surface area contributed by atoms with Crippen molar-refractivity contribution >= 4 is 12.0 Å². The van der Waals surface area contributed by atoms with E-state index in [0.29, 0.717) is 13.1 Å². The number of hydrogen-bond donors (Lipinski definition) is 1. The molecule has 0 radical (unpaired) electrons. The summed E-state index contributed by atoms with van der Waals surface area (Å²) in [5, 5.41) is 0. The molecular weight excluding hydrogens is 330 g/mol. The minimum atomic E-state index is -0.479. The van der Waals surface area contributed by atoms with Crippen LogP contribution < -0.4 is 5.73 Å². The summed E-state index contributed by atoms with van der Waals surface area (Å²) >= 11 is 0. The van der Waals surface area contributed by atoms with E-state index in [2.05, 4.69) is 0 Å². The van der Waals surface area contributed by atoms with E-state index in [-0.39, 0.29) is 36.6 Å². The molecular formula is C20H29N3O3. The molecule has 3 rings (SSSR count). The molecule has 6 nitrogen and oxygen atoms in total. The molecule has 2 fully saturated rings. The number of ether oxygens (including phenoxy) is 1. The first-order chi connectivity index (χ1) is 12.5. The normalized spacial score (nSPS) is 20.9. The van der Waals surface area contributed by atoms with Crippen LogP contribution >= 0.6 is 0 Å². The molecule has 0 bridgehead atoms. The molecule has 2 atom stereocenters. The molecule has 2 aliphatic rings. The molecule has 2 amide bonds. The lowest BCUT2D eigenvalue weighted by atomic mass is 10.0. The van der Waals surface area contributed by atoms with Crippen LogP contribution in [0.25, 0.3) is 0 Å². The van der Waals surface area contributed by atoms with Crippen LogP contribution in [0.4, 0.5) is 4.79 Å². The largest absolute Gasteiger partial charge is 0.445 e. The second kappa shape index (κ2) is 8.08. The standard InChI is InChI=1S/C20H29N3O3/c1-14(2)18(21)19(24)22-11-10-17(12-22)23(16-8-9-16)20(25)26-13-15-6-4-3-5-7-15/h3-7,14,16-18H,8-13,21H2,1-2H3/t17-,18-/m0/s1. The summed E-state index contributed by atoms with van der Waals surface area (Å²) in [6.07, 6.45) is 2.53. The lowest BCUT2D eigenvalue weighted by Crippen LogP contribution is -2.48. The van der Waals surface area contributed by atoms with E-state index in [1.54, 1.807) is 4.90 Å². The van der Waals surface area contributed by atoms with Gasteiger partial charge in [0.1, 0.15) is 6.61 Å². The van der Waals surface area contributed by atoms with Crippen molar-refractivity contribution in [2.45, 2.75) is 57.8 Å². The number of carbonyl (C=O) groups is 2. The molecule has 1 heterocycles. The number of benzene rings is 1. The van der Waals surface area contributed by atoms with Gasteiger partial charge < -0.3 is 20.3 Å². The monoisotopic (exact) mass is 359 g/mol. The molecule has 1 aliphatic heterocycles. The third-order valence-electron chi connectivity index (χ3n) is 5.23. The number of carbonyl (C=O) groups excluding carboxylic acids is 2. The summed E-state index contributed by atoms with van der Waals surface area (Å²) in [6.45, 7) is 5.38. The van der Waals surface area contributed by atoms with Crippen LogP contribution in [0.5, 0.6) is 0 Å². The first-order valence-electron chi connectivity index (χ1n) is 9.50. The molecule has 26 heavy (non-hydrogen) atoms. The molecule has 0 aromatic heterocycles. The van der Waals surface area contributed by atoms with Crippen LogP contribution in [-0.4, -0.2) is 53.0 Å². The van der Waals surface area contributed by atoms with Crippen molar-refractivity contribution in [3.8, 4) is 0 Å². The van der Waals surface area contributed by atoms with E-state index in [1.165, 1.54) is 0 Å². The molecule has 0 unspecified atom stereocenters. The maximum Gasteiger partial charge on any atom is 0.410 e. The van der Waals surface area contributed by atoms with E-state index < -0.39 is 6.04 Å². The van der Waals surface area contributed by atoms with Gasteiger partial charge >= 0.3 is 6.09 Å². The molecule has 0 spiro atoms. The van der Waals surface area contributed by atoms with Gasteiger partial charge in [0.25, 0.3) is 0 Å². The Bertz CT molecular complexity index is 630. The Balaban J connectivity index is 1.58. The fourth-order valence-electron chi connectivity index (χ4n) is 3.41. The maximum absolute atomic E-state index is 12.7. The van der Waals surface area contributed by atoms with Crippen molar-refractivity contribution in [1.82, 2.24) is 9.80 Å². The Morgan fingerprint density at radius 2 is 1.88 bits per heavy atom. The van der Waals surface area contributed by atoms with Gasteiger partial charge in [-0.2, -0.15) is 0 Å². The summed E-state index contributed by atoms with van der Waals surface area (Å²) in [4.78, 5) is 28.8. The second-order valence-electron chi connectivity index (χ2n) is 7.68. The summed E-state index contributed by atoms with van der Waals surface area (Å²) in [5.74, 6) is 0.0906. The third-order valence-corrected chi connectivity index (χ3v) is 5.23. The van der Waals surface area contributed by atoms with Gasteiger partial charge in [-0.25, -0.2) is 4.79 Å². The molecule has 6 heteroatoms. The number of amides is 2. The Morgan fingerprint density at radius 3 is 2.50 bits per heavy atom. The van der Waals surface area contributed by atoms with Gasteiger partial charge in [0.05, 0.1) is 12.1 Å². The van der Waals surface area contributed by atoms with Crippen molar-refractivity contribution < 1.29 is 14.3 Å². The van der Waals surface area contributed by atoms with E-state index in [0.717, 1.165) is 24.8 Å². The van der Waals surface area contributed by atoms with Gasteiger partial charge in [0, 0.05) is 19.1 Å². The summed E-state index contributed by atoms with van der Waals surface area (Å²) in [6, 6.07) is 9.48. The Hall–Kier alpha value is -2.08. The van der Waals surface area contributed by atoms with Gasteiger partial charge in [-0.3, -0.25) is 4.79 Å². The van der Waals surface area contributed by atoms with Gasteiger partial charge in [0.15, 0.2) is 0 Å². The minimum absolute atomic E-state index is 0.0177. The number of rotatable bonds is 6. The number of nitrogens with zero attached hydrogens (tertiary/aromatic N) is 2. The molecule has 1 aromatic carbocycles. The minimum Gasteiger partial charge on any atom is -0.445 e. The van der Waals surface area contributed by atoms with E-state index in [4.69, 9.17) is 10.5 Å². The summed E-state index contributed by atoms with van der Waals surface area (Å²) in [7, 11) is 0. The lowest BCUT2D eigenvalue weighted by molar-refractivity contribution is -0.132. The zero-order valence-corrected chi connectivity index (χ0v) is 15.6. The number of hydrogen-bond acceptors (Lipinski definition) is 4. The number of nitrogens with two attached hydrogens (primary N) is 1. The van der Waals surface area contributed by atoms with Gasteiger partial charge in [-0.05, 0) is 30.7 Å². The van der Waals surface area contributed by atoms with Crippen LogP contribution in [0.1, 0.15) is 38.7 Å². The topological polar surface area (TPSA) is 75.9 Å². The second-order valence-corrected chi connectivity index (χ2v) is 7.68. The highest BCUT2D eigenvalue weighted by atomic mass is 16.6. The van der Waals surface area contributed by atoms with Gasteiger partial charge in [0.2, 0.25) is 5.91 Å². The van der Waals surface area contributed by atoms with Crippen molar-refractivity contribution in [1.29, 1.82) is 0 Å². The SMILES string of the molecule is CC(C)[C@H](N)C(=O)N1CC[C@H](N(C(=O)OCc2ccccc2)C2CC2)C1. The predicted octanol–water partition coefficient (Wildman–Crippen LogP) is 2.37. The van der Waals surface area contributed by atoms with Crippen LogP contribution in [0.3, 0.4) is 0 Å². The average Bonchev–Trinajstić information content (AvgIpc) is 3.35. The fraction of sp³-hybridized carbons (Fsp3) is 0.600. The Morgan fingerprint density at radius 1 is 1.19 bits per heavy atom. The molecule has 1 saturated heterocycles. The van der Waals surface area contributed by atoms with E-state index in [9.17, 15) is 9.59 Å². The average molecular weight is 359 g/mol. The molecule has 2 N–H and O–H groups in total. The van der Waals surface area contributed by atoms with Gasteiger partial charge in [-0.15, -0.1) is 0 Å². The smallest absolute Gasteiger partial charge is 0.410 e. The highest BCUT2D eigenvalue weighted by Gasteiger charge is 2.42. The number of likely N-dealkylation sites (tertiary alicyclic amines) is 1. The third kappa shape index (κ3) is 4.36. The van der Waals surface area contributed by atoms with Crippen LogP contribution in [-0.2, 0) is 16.1 Å². The molecule has 1 aromatic rings. The fourth-order valence-corrected chi connectivity index (χ4v) is 3.41. The van der Waals surface area contributed by atoms with E-state index >= 15 is 0 Å². The van der Waals surface area contributed by atoms with Crippen LogP contribution in [0.2, 0.25) is 0 Å². The zero-order chi connectivity index (χ0) is 18.7. The van der Waals surface area contributed by atoms with Crippen molar-refractivity contribution in [2.24, 2.45) is 11.7 Å². The Labute approximate surface area is 155 Å². The van der Waals surface area contributed by atoms with Crippen molar-refractivity contribution in [2.75, 3.05) is 13.1 Å². The molecule has 1 aliphatic carbocycles.